The van der Waals surface area contributed by atoms with Crippen molar-refractivity contribution in [2.24, 2.45) is 0 Å². The number of nitrogens with zero attached hydrogens (tertiary/aromatic N) is 6. The van der Waals surface area contributed by atoms with Crippen molar-refractivity contribution in [3.63, 3.8) is 0 Å². The van der Waals surface area contributed by atoms with Crippen LogP contribution in [-0.2, 0) is 17.8 Å². The van der Waals surface area contributed by atoms with Crippen LogP contribution in [0.4, 0.5) is 0 Å². The summed E-state index contributed by atoms with van der Waals surface area (Å²) in [6, 6.07) is 11.7. The molecule has 3 heterocycles. The van der Waals surface area contributed by atoms with Crippen LogP contribution in [0.25, 0.3) is 11.3 Å². The Morgan fingerprint density at radius 3 is 2.38 bits per heavy atom. The molecule has 1 aliphatic rings. The number of amides is 2. The SMILES string of the molecule is CCc1ccc(-c2ccc(C(=O)N3CCN(C(=O)Cn4cnnn4)CC3)o2)cc1. The van der Waals surface area contributed by atoms with Crippen molar-refractivity contribution in [1.29, 1.82) is 0 Å². The van der Waals surface area contributed by atoms with Crippen LogP contribution < -0.4 is 0 Å². The summed E-state index contributed by atoms with van der Waals surface area (Å²) < 4.78 is 7.19. The number of piperazine rings is 1. The molecule has 1 fully saturated rings. The van der Waals surface area contributed by atoms with Gasteiger partial charge in [0.15, 0.2) is 5.76 Å². The fourth-order valence-electron chi connectivity index (χ4n) is 3.32. The van der Waals surface area contributed by atoms with Crippen LogP contribution in [0.2, 0.25) is 0 Å². The minimum atomic E-state index is -0.158. The van der Waals surface area contributed by atoms with Crippen molar-refractivity contribution in [2.45, 2.75) is 19.9 Å². The highest BCUT2D eigenvalue weighted by atomic mass is 16.4. The molecular weight excluding hydrogens is 372 g/mol. The van der Waals surface area contributed by atoms with Gasteiger partial charge in [-0.25, -0.2) is 4.68 Å². The second-order valence-electron chi connectivity index (χ2n) is 6.89. The second-order valence-corrected chi connectivity index (χ2v) is 6.89. The molecule has 1 aliphatic heterocycles. The Labute approximate surface area is 167 Å². The average Bonchev–Trinajstić information content (AvgIpc) is 3.46. The van der Waals surface area contributed by atoms with Gasteiger partial charge in [-0.1, -0.05) is 31.2 Å². The lowest BCUT2D eigenvalue weighted by Gasteiger charge is -2.34. The number of aryl methyl sites for hydroxylation is 1. The molecule has 9 heteroatoms. The summed E-state index contributed by atoms with van der Waals surface area (Å²) in [6.45, 7) is 4.07. The van der Waals surface area contributed by atoms with Crippen LogP contribution in [0.15, 0.2) is 47.1 Å². The average molecular weight is 394 g/mol. The van der Waals surface area contributed by atoms with Gasteiger partial charge in [-0.15, -0.1) is 5.10 Å². The molecule has 2 aromatic heterocycles. The molecule has 0 radical (unpaired) electrons. The molecule has 2 amide bonds. The number of furan rings is 1. The van der Waals surface area contributed by atoms with Gasteiger partial charge in [-0.2, -0.15) is 0 Å². The molecular formula is C20H22N6O3. The number of benzene rings is 1. The van der Waals surface area contributed by atoms with Gasteiger partial charge >= 0.3 is 0 Å². The molecule has 29 heavy (non-hydrogen) atoms. The first kappa shape index (κ1) is 18.9. The van der Waals surface area contributed by atoms with E-state index in [1.54, 1.807) is 15.9 Å². The van der Waals surface area contributed by atoms with Gasteiger partial charge in [0.05, 0.1) is 0 Å². The molecule has 0 spiro atoms. The molecule has 9 nitrogen and oxygen atoms in total. The van der Waals surface area contributed by atoms with E-state index >= 15 is 0 Å². The zero-order chi connectivity index (χ0) is 20.2. The highest BCUT2D eigenvalue weighted by Crippen LogP contribution is 2.24. The Hall–Kier alpha value is -3.49. The quantitative estimate of drug-likeness (QED) is 0.650. The van der Waals surface area contributed by atoms with Crippen LogP contribution in [0.1, 0.15) is 23.0 Å². The van der Waals surface area contributed by atoms with Crippen LogP contribution >= 0.6 is 0 Å². The number of hydrogen-bond acceptors (Lipinski definition) is 6. The van der Waals surface area contributed by atoms with Crippen LogP contribution in [0.3, 0.4) is 0 Å². The number of tetrazole rings is 1. The van der Waals surface area contributed by atoms with Gasteiger partial charge in [-0.3, -0.25) is 9.59 Å². The van der Waals surface area contributed by atoms with Crippen LogP contribution in [-0.4, -0.2) is 68.0 Å². The molecule has 4 rings (SSSR count). The maximum absolute atomic E-state index is 12.8. The topological polar surface area (TPSA) is 97.4 Å². The highest BCUT2D eigenvalue weighted by molar-refractivity contribution is 5.92. The lowest BCUT2D eigenvalue weighted by atomic mass is 10.1. The summed E-state index contributed by atoms with van der Waals surface area (Å²) in [6.07, 6.45) is 2.38. The summed E-state index contributed by atoms with van der Waals surface area (Å²) in [4.78, 5) is 28.5. The Balaban J connectivity index is 1.35. The van der Waals surface area contributed by atoms with E-state index in [1.165, 1.54) is 16.6 Å². The minimum Gasteiger partial charge on any atom is -0.451 e. The largest absolute Gasteiger partial charge is 0.451 e. The van der Waals surface area contributed by atoms with E-state index < -0.39 is 0 Å². The second kappa shape index (κ2) is 8.26. The zero-order valence-corrected chi connectivity index (χ0v) is 16.2. The summed E-state index contributed by atoms with van der Waals surface area (Å²) in [5, 5.41) is 10.7. The molecule has 1 saturated heterocycles. The third kappa shape index (κ3) is 4.18. The lowest BCUT2D eigenvalue weighted by Crippen LogP contribution is -2.51. The summed E-state index contributed by atoms with van der Waals surface area (Å²) in [7, 11) is 0. The van der Waals surface area contributed by atoms with Crippen molar-refractivity contribution in [3.8, 4) is 11.3 Å². The van der Waals surface area contributed by atoms with E-state index in [0.717, 1.165) is 12.0 Å². The Kier molecular flexibility index (Phi) is 5.37. The standard InChI is InChI=1S/C20H22N6O3/c1-2-15-3-5-16(6-4-15)17-7-8-18(29-17)20(28)25-11-9-24(10-12-25)19(27)13-26-14-21-22-23-26/h3-8,14H,2,9-13H2,1H3. The van der Waals surface area contributed by atoms with Gasteiger partial charge < -0.3 is 14.2 Å². The third-order valence-electron chi connectivity index (χ3n) is 5.07. The van der Waals surface area contributed by atoms with Crippen molar-refractivity contribution in [1.82, 2.24) is 30.0 Å². The molecule has 0 unspecified atom stereocenters. The monoisotopic (exact) mass is 394 g/mol. The molecule has 0 aliphatic carbocycles. The predicted octanol–water partition coefficient (Wildman–Crippen LogP) is 1.48. The van der Waals surface area contributed by atoms with E-state index in [2.05, 4.69) is 34.6 Å². The Bertz CT molecular complexity index is 972. The van der Waals surface area contributed by atoms with E-state index in [9.17, 15) is 9.59 Å². The van der Waals surface area contributed by atoms with Gasteiger partial charge in [0, 0.05) is 31.7 Å². The molecule has 0 bridgehead atoms. The highest BCUT2D eigenvalue weighted by Gasteiger charge is 2.26. The first-order chi connectivity index (χ1) is 14.1. The van der Waals surface area contributed by atoms with Crippen LogP contribution in [0.5, 0.6) is 0 Å². The Morgan fingerprint density at radius 1 is 1.00 bits per heavy atom. The maximum atomic E-state index is 12.8. The molecule has 150 valence electrons. The lowest BCUT2D eigenvalue weighted by molar-refractivity contribution is -0.133. The van der Waals surface area contributed by atoms with E-state index in [0.29, 0.717) is 37.7 Å². The smallest absolute Gasteiger partial charge is 0.289 e. The number of rotatable bonds is 5. The summed E-state index contributed by atoms with van der Waals surface area (Å²) >= 11 is 0. The molecule has 3 aromatic rings. The third-order valence-corrected chi connectivity index (χ3v) is 5.07. The van der Waals surface area contributed by atoms with Gasteiger partial charge in [-0.05, 0) is 34.5 Å². The molecule has 0 N–H and O–H groups in total. The Morgan fingerprint density at radius 2 is 1.72 bits per heavy atom. The summed E-state index contributed by atoms with van der Waals surface area (Å²) in [5.41, 5.74) is 2.20. The van der Waals surface area contributed by atoms with Crippen molar-refractivity contribution in [3.05, 3.63) is 54.0 Å². The number of carbonyl (C=O) groups is 2. The molecule has 1 aromatic carbocycles. The number of carbonyl (C=O) groups excluding carboxylic acids is 2. The van der Waals surface area contributed by atoms with Crippen molar-refractivity contribution in [2.75, 3.05) is 26.2 Å². The first-order valence-corrected chi connectivity index (χ1v) is 9.61. The van der Waals surface area contributed by atoms with E-state index in [4.69, 9.17) is 4.42 Å². The predicted molar refractivity (Wildman–Crippen MR) is 104 cm³/mol. The van der Waals surface area contributed by atoms with Crippen LogP contribution in [0, 0.1) is 0 Å². The van der Waals surface area contributed by atoms with Crippen molar-refractivity contribution < 1.29 is 14.0 Å². The fourth-order valence-corrected chi connectivity index (χ4v) is 3.32. The number of hydrogen-bond donors (Lipinski definition) is 0. The molecule has 0 atom stereocenters. The maximum Gasteiger partial charge on any atom is 0.289 e. The van der Waals surface area contributed by atoms with Gasteiger partial charge in [0.1, 0.15) is 18.6 Å². The fraction of sp³-hybridized carbons (Fsp3) is 0.350. The van der Waals surface area contributed by atoms with E-state index in [1.807, 2.05) is 18.2 Å². The van der Waals surface area contributed by atoms with E-state index in [-0.39, 0.29) is 18.4 Å². The first-order valence-electron chi connectivity index (χ1n) is 9.61. The van der Waals surface area contributed by atoms with Gasteiger partial charge in [0.25, 0.3) is 5.91 Å². The normalized spacial score (nSPS) is 14.2. The molecule has 0 saturated carbocycles. The van der Waals surface area contributed by atoms with Gasteiger partial charge in [0.2, 0.25) is 5.91 Å². The minimum absolute atomic E-state index is 0.0693. The van der Waals surface area contributed by atoms with Crippen molar-refractivity contribution >= 4 is 11.8 Å². The summed E-state index contributed by atoms with van der Waals surface area (Å²) in [5.74, 6) is 0.758. The zero-order valence-electron chi connectivity index (χ0n) is 16.2. The number of aromatic nitrogens is 4.